The van der Waals surface area contributed by atoms with E-state index in [9.17, 15) is 9.59 Å². The molecule has 0 radical (unpaired) electrons. The first-order chi connectivity index (χ1) is 13.1. The quantitative estimate of drug-likeness (QED) is 0.695. The summed E-state index contributed by atoms with van der Waals surface area (Å²) in [6, 6.07) is 16.0. The van der Waals surface area contributed by atoms with Gasteiger partial charge >= 0.3 is 0 Å². The minimum Gasteiger partial charge on any atom is -0.454 e. The molecule has 1 amide bonds. The van der Waals surface area contributed by atoms with E-state index in [1.54, 1.807) is 30.5 Å². The largest absolute Gasteiger partial charge is 0.454 e. The van der Waals surface area contributed by atoms with Crippen LogP contribution in [-0.2, 0) is 6.54 Å². The molecule has 1 aromatic carbocycles. The van der Waals surface area contributed by atoms with Gasteiger partial charge in [0.15, 0.2) is 5.76 Å². The topological polar surface area (TPSA) is 67.5 Å². The number of rotatable bonds is 7. The lowest BCUT2D eigenvalue weighted by atomic mass is 10.2. The first kappa shape index (κ1) is 18.5. The molecule has 0 fully saturated rings. The number of pyridine rings is 1. The molecule has 140 valence electrons. The van der Waals surface area contributed by atoms with Gasteiger partial charge in [-0.3, -0.25) is 9.59 Å². The summed E-state index contributed by atoms with van der Waals surface area (Å²) in [7, 11) is 0. The number of furan rings is 1. The Morgan fingerprint density at radius 1 is 1.04 bits per heavy atom. The fraction of sp³-hybridized carbons (Fsp3) is 0.238. The lowest BCUT2D eigenvalue weighted by Crippen LogP contribution is -2.21. The summed E-state index contributed by atoms with van der Waals surface area (Å²) in [4.78, 5) is 26.4. The Kier molecular flexibility index (Phi) is 5.76. The molecule has 6 heteroatoms. The van der Waals surface area contributed by atoms with E-state index in [1.807, 2.05) is 24.3 Å². The van der Waals surface area contributed by atoms with Gasteiger partial charge in [0.1, 0.15) is 5.76 Å². The molecule has 2 aromatic heterocycles. The van der Waals surface area contributed by atoms with Gasteiger partial charge in [-0.2, -0.15) is 0 Å². The van der Waals surface area contributed by atoms with Crippen LogP contribution in [0.2, 0.25) is 0 Å². The van der Waals surface area contributed by atoms with Crippen molar-refractivity contribution in [1.29, 1.82) is 0 Å². The van der Waals surface area contributed by atoms with Crippen molar-refractivity contribution in [1.82, 2.24) is 4.57 Å². The van der Waals surface area contributed by atoms with Gasteiger partial charge < -0.3 is 19.2 Å². The van der Waals surface area contributed by atoms with Crippen molar-refractivity contribution in [2.45, 2.75) is 20.4 Å². The van der Waals surface area contributed by atoms with Crippen LogP contribution in [0.5, 0.6) is 0 Å². The smallest absolute Gasteiger partial charge is 0.291 e. The monoisotopic (exact) mass is 365 g/mol. The number of nitrogens with zero attached hydrogens (tertiary/aromatic N) is 2. The Morgan fingerprint density at radius 2 is 1.78 bits per heavy atom. The van der Waals surface area contributed by atoms with Gasteiger partial charge in [0.05, 0.1) is 6.54 Å². The normalized spacial score (nSPS) is 10.6. The summed E-state index contributed by atoms with van der Waals surface area (Å²) in [5.74, 6) is 0.435. The zero-order valence-electron chi connectivity index (χ0n) is 15.5. The van der Waals surface area contributed by atoms with E-state index in [-0.39, 0.29) is 23.8 Å². The molecule has 0 aliphatic carbocycles. The number of aromatic nitrogens is 1. The van der Waals surface area contributed by atoms with Crippen LogP contribution in [0.1, 0.15) is 30.2 Å². The summed E-state index contributed by atoms with van der Waals surface area (Å²) >= 11 is 0. The Labute approximate surface area is 158 Å². The molecule has 0 atom stereocenters. The second-order valence-corrected chi connectivity index (χ2v) is 6.11. The second kappa shape index (κ2) is 8.40. The molecular formula is C21H23N3O3. The van der Waals surface area contributed by atoms with Crippen LogP contribution in [0, 0.1) is 0 Å². The summed E-state index contributed by atoms with van der Waals surface area (Å²) in [6.07, 6.45) is 1.68. The lowest BCUT2D eigenvalue weighted by Gasteiger charge is -2.21. The highest BCUT2D eigenvalue weighted by atomic mass is 16.4. The van der Waals surface area contributed by atoms with Crippen molar-refractivity contribution < 1.29 is 9.21 Å². The van der Waals surface area contributed by atoms with E-state index in [0.717, 1.165) is 18.8 Å². The number of amides is 1. The average molecular weight is 365 g/mol. The molecule has 6 nitrogen and oxygen atoms in total. The third-order valence-electron chi connectivity index (χ3n) is 4.36. The van der Waals surface area contributed by atoms with E-state index in [1.165, 1.54) is 10.6 Å². The Hall–Kier alpha value is -3.28. The highest BCUT2D eigenvalue weighted by Gasteiger charge is 2.12. The molecule has 3 aromatic rings. The number of benzene rings is 1. The highest BCUT2D eigenvalue weighted by Crippen LogP contribution is 2.19. The first-order valence-electron chi connectivity index (χ1n) is 9.01. The minimum atomic E-state index is -0.322. The molecule has 0 aliphatic heterocycles. The molecule has 0 bridgehead atoms. The standard InChI is InChI=1S/C21H23N3O3/c1-3-23(4-2)17-10-8-16(9-11-17)22-21(26)19-13-12-18(27-19)15-24-14-6-5-7-20(24)25/h5-14H,3-4,15H2,1-2H3,(H,22,26). The maximum Gasteiger partial charge on any atom is 0.291 e. The third kappa shape index (κ3) is 4.47. The van der Waals surface area contributed by atoms with Crippen LogP contribution in [0.25, 0.3) is 0 Å². The second-order valence-electron chi connectivity index (χ2n) is 6.11. The maximum atomic E-state index is 12.4. The number of hydrogen-bond acceptors (Lipinski definition) is 4. The SMILES string of the molecule is CCN(CC)c1ccc(NC(=O)c2ccc(Cn3ccccc3=O)o2)cc1. The molecule has 27 heavy (non-hydrogen) atoms. The van der Waals surface area contributed by atoms with Crippen LogP contribution in [-0.4, -0.2) is 23.6 Å². The summed E-state index contributed by atoms with van der Waals surface area (Å²) in [5.41, 5.74) is 1.70. The zero-order chi connectivity index (χ0) is 19.2. The van der Waals surface area contributed by atoms with Crippen molar-refractivity contribution in [3.05, 3.63) is 82.7 Å². The van der Waals surface area contributed by atoms with Gasteiger partial charge in [-0.25, -0.2) is 0 Å². The number of carbonyl (C=O) groups excluding carboxylic acids is 1. The molecule has 0 saturated carbocycles. The fourth-order valence-corrected chi connectivity index (χ4v) is 2.88. The van der Waals surface area contributed by atoms with E-state index < -0.39 is 0 Å². The van der Waals surface area contributed by atoms with Crippen LogP contribution in [0.15, 0.2) is 70.0 Å². The van der Waals surface area contributed by atoms with Crippen LogP contribution < -0.4 is 15.8 Å². The molecule has 2 heterocycles. The van der Waals surface area contributed by atoms with E-state index in [4.69, 9.17) is 4.42 Å². The van der Waals surface area contributed by atoms with Crippen molar-refractivity contribution in [2.24, 2.45) is 0 Å². The number of anilines is 2. The summed E-state index contributed by atoms with van der Waals surface area (Å²) < 4.78 is 7.11. The van der Waals surface area contributed by atoms with Gasteiger partial charge in [0.2, 0.25) is 0 Å². The van der Waals surface area contributed by atoms with Gasteiger partial charge in [-0.05, 0) is 56.3 Å². The molecule has 0 aliphatic rings. The van der Waals surface area contributed by atoms with Crippen LogP contribution in [0.3, 0.4) is 0 Å². The van der Waals surface area contributed by atoms with Crippen molar-refractivity contribution >= 4 is 17.3 Å². The number of hydrogen-bond donors (Lipinski definition) is 1. The van der Waals surface area contributed by atoms with Gasteiger partial charge in [0, 0.05) is 36.7 Å². The predicted octanol–water partition coefficient (Wildman–Crippen LogP) is 3.59. The maximum absolute atomic E-state index is 12.4. The lowest BCUT2D eigenvalue weighted by molar-refractivity contribution is 0.0994. The summed E-state index contributed by atoms with van der Waals surface area (Å²) in [5, 5.41) is 2.83. The van der Waals surface area contributed by atoms with E-state index in [0.29, 0.717) is 11.4 Å². The molecular weight excluding hydrogens is 342 g/mol. The minimum absolute atomic E-state index is 0.117. The number of nitrogens with one attached hydrogen (secondary N) is 1. The van der Waals surface area contributed by atoms with Crippen molar-refractivity contribution in [3.8, 4) is 0 Å². The van der Waals surface area contributed by atoms with Crippen LogP contribution in [0.4, 0.5) is 11.4 Å². The van der Waals surface area contributed by atoms with Gasteiger partial charge in [0.25, 0.3) is 11.5 Å². The molecule has 0 unspecified atom stereocenters. The molecule has 0 spiro atoms. The average Bonchev–Trinajstić information content (AvgIpc) is 3.15. The zero-order valence-corrected chi connectivity index (χ0v) is 15.5. The summed E-state index contributed by atoms with van der Waals surface area (Å²) in [6.45, 7) is 6.36. The van der Waals surface area contributed by atoms with Gasteiger partial charge in [-0.1, -0.05) is 6.07 Å². The first-order valence-corrected chi connectivity index (χ1v) is 9.01. The molecule has 3 rings (SSSR count). The Balaban J connectivity index is 1.66. The fourth-order valence-electron chi connectivity index (χ4n) is 2.88. The molecule has 0 saturated heterocycles. The Bertz CT molecular complexity index is 953. The molecule has 1 N–H and O–H groups in total. The third-order valence-corrected chi connectivity index (χ3v) is 4.36. The van der Waals surface area contributed by atoms with E-state index >= 15 is 0 Å². The predicted molar refractivity (Wildman–Crippen MR) is 106 cm³/mol. The highest BCUT2D eigenvalue weighted by molar-refractivity contribution is 6.02. The number of carbonyl (C=O) groups is 1. The van der Waals surface area contributed by atoms with Crippen molar-refractivity contribution in [2.75, 3.05) is 23.3 Å². The van der Waals surface area contributed by atoms with Crippen molar-refractivity contribution in [3.63, 3.8) is 0 Å². The van der Waals surface area contributed by atoms with Crippen LogP contribution >= 0.6 is 0 Å². The van der Waals surface area contributed by atoms with E-state index in [2.05, 4.69) is 24.1 Å². The Morgan fingerprint density at radius 3 is 2.44 bits per heavy atom. The van der Waals surface area contributed by atoms with Gasteiger partial charge in [-0.15, -0.1) is 0 Å².